The number of halogens is 3. The first-order valence-electron chi connectivity index (χ1n) is 10.9. The standard InChI is InChI=1S/C22H25Cl2FN4O3S/c1-32-22(13-29-11-14-7-15(29)8-14)5-6-28(12-22)18-9-17(24)19(10-16(18)23)33(30,31)27-21-4-2-3-20(25)26-21/h2-4,9-10,14-15H,5-8,11-13H2,1H3,(H,26,27)/t14?,15?,22-/m0/s1. The first kappa shape index (κ1) is 23.1. The molecule has 1 saturated carbocycles. The van der Waals surface area contributed by atoms with Gasteiger partial charge in [-0.2, -0.15) is 4.39 Å². The Labute approximate surface area is 202 Å². The normalized spacial score (nSPS) is 27.1. The lowest BCUT2D eigenvalue weighted by Gasteiger charge is -2.35. The summed E-state index contributed by atoms with van der Waals surface area (Å²) >= 11 is 12.9. The predicted molar refractivity (Wildman–Crippen MR) is 126 cm³/mol. The molecule has 7 nitrogen and oxygen atoms in total. The number of sulfonamides is 1. The zero-order valence-corrected chi connectivity index (χ0v) is 20.4. The predicted octanol–water partition coefficient (Wildman–Crippen LogP) is 4.02. The van der Waals surface area contributed by atoms with Gasteiger partial charge in [-0.3, -0.25) is 9.62 Å². The van der Waals surface area contributed by atoms with E-state index < -0.39 is 16.0 Å². The Kier molecular flexibility index (Phi) is 5.98. The maximum Gasteiger partial charge on any atom is 0.264 e. The zero-order chi connectivity index (χ0) is 23.4. The fraction of sp³-hybridized carbons (Fsp3) is 0.500. The molecule has 1 aromatic heterocycles. The van der Waals surface area contributed by atoms with Crippen LogP contribution in [0, 0.1) is 11.9 Å². The summed E-state index contributed by atoms with van der Waals surface area (Å²) in [6.07, 6.45) is 3.43. The van der Waals surface area contributed by atoms with E-state index in [0.717, 1.165) is 38.0 Å². The van der Waals surface area contributed by atoms with E-state index in [1.165, 1.54) is 31.0 Å². The van der Waals surface area contributed by atoms with Crippen molar-refractivity contribution in [3.8, 4) is 0 Å². The summed E-state index contributed by atoms with van der Waals surface area (Å²) in [6.45, 7) is 3.39. The van der Waals surface area contributed by atoms with Crippen LogP contribution in [0.5, 0.6) is 0 Å². The Morgan fingerprint density at radius 2 is 2.06 bits per heavy atom. The van der Waals surface area contributed by atoms with Crippen LogP contribution in [-0.4, -0.2) is 63.2 Å². The third-order valence-corrected chi connectivity index (χ3v) is 9.17. The van der Waals surface area contributed by atoms with Crippen molar-refractivity contribution in [1.29, 1.82) is 0 Å². The smallest absolute Gasteiger partial charge is 0.264 e. The van der Waals surface area contributed by atoms with Crippen LogP contribution in [0.1, 0.15) is 19.3 Å². The Morgan fingerprint density at radius 3 is 2.73 bits per heavy atom. The van der Waals surface area contributed by atoms with Crippen LogP contribution in [0.25, 0.3) is 0 Å². The van der Waals surface area contributed by atoms with Crippen molar-refractivity contribution in [2.75, 3.05) is 42.9 Å². The molecule has 1 aromatic carbocycles. The summed E-state index contributed by atoms with van der Waals surface area (Å²) in [6, 6.07) is 7.40. The fourth-order valence-electron chi connectivity index (χ4n) is 5.23. The molecule has 6 rings (SSSR count). The van der Waals surface area contributed by atoms with Gasteiger partial charge in [0.25, 0.3) is 10.0 Å². The minimum absolute atomic E-state index is 0.0218. The number of methoxy groups -OCH3 is 1. The number of benzene rings is 1. The third-order valence-electron chi connectivity index (χ3n) is 7.05. The lowest BCUT2D eigenvalue weighted by atomic mass is 9.86. The minimum Gasteiger partial charge on any atom is -0.375 e. The van der Waals surface area contributed by atoms with Crippen molar-refractivity contribution >= 4 is 44.7 Å². The minimum atomic E-state index is -4.11. The van der Waals surface area contributed by atoms with Crippen molar-refractivity contribution in [2.45, 2.75) is 35.8 Å². The Morgan fingerprint density at radius 1 is 1.27 bits per heavy atom. The van der Waals surface area contributed by atoms with E-state index in [-0.39, 0.29) is 26.4 Å². The fourth-order valence-corrected chi connectivity index (χ4v) is 7.12. The molecule has 1 atom stereocenters. The van der Waals surface area contributed by atoms with Crippen LogP contribution >= 0.6 is 23.2 Å². The number of nitrogens with zero attached hydrogens (tertiary/aromatic N) is 3. The quantitative estimate of drug-likeness (QED) is 0.562. The number of rotatable bonds is 7. The monoisotopic (exact) mass is 514 g/mol. The second-order valence-corrected chi connectivity index (χ2v) is 11.6. The number of pyridine rings is 1. The van der Waals surface area contributed by atoms with Crippen LogP contribution in [0.2, 0.25) is 10.0 Å². The lowest BCUT2D eigenvalue weighted by Crippen LogP contribution is -2.47. The van der Waals surface area contributed by atoms with Crippen LogP contribution in [0.3, 0.4) is 0 Å². The molecule has 11 heteroatoms. The molecule has 3 aliphatic heterocycles. The van der Waals surface area contributed by atoms with Gasteiger partial charge < -0.3 is 9.64 Å². The number of aromatic nitrogens is 1. The molecule has 1 aliphatic carbocycles. The molecule has 2 bridgehead atoms. The van der Waals surface area contributed by atoms with Crippen molar-refractivity contribution in [3.05, 3.63) is 46.3 Å². The summed E-state index contributed by atoms with van der Waals surface area (Å²) in [5.41, 5.74) is 0.358. The number of nitrogens with one attached hydrogen (secondary N) is 1. The number of hydrogen-bond donors (Lipinski definition) is 1. The number of anilines is 2. The SMILES string of the molecule is CO[C@@]1(CN2CC3CC2C3)CCN(c2cc(Cl)c(S(=O)(=O)Nc3cccc(F)n3)cc2Cl)C1. The molecule has 3 saturated heterocycles. The molecule has 4 heterocycles. The number of fused-ring (bicyclic) bond motifs is 1. The van der Waals surface area contributed by atoms with Crippen LogP contribution in [-0.2, 0) is 14.8 Å². The van der Waals surface area contributed by atoms with Crippen molar-refractivity contribution in [2.24, 2.45) is 5.92 Å². The van der Waals surface area contributed by atoms with E-state index in [1.54, 1.807) is 13.2 Å². The van der Waals surface area contributed by atoms with Crippen molar-refractivity contribution in [3.63, 3.8) is 0 Å². The summed E-state index contributed by atoms with van der Waals surface area (Å²) in [5, 5.41) is 0.288. The molecule has 0 amide bonds. The zero-order valence-electron chi connectivity index (χ0n) is 18.1. The molecule has 4 fully saturated rings. The van der Waals surface area contributed by atoms with Gasteiger partial charge in [0.15, 0.2) is 0 Å². The molecular formula is C22H25Cl2FN4O3S. The molecule has 1 N–H and O–H groups in total. The maximum atomic E-state index is 13.3. The van der Waals surface area contributed by atoms with Gasteiger partial charge in [0.05, 0.1) is 21.3 Å². The molecular weight excluding hydrogens is 490 g/mol. The Hall–Kier alpha value is -1.65. The lowest BCUT2D eigenvalue weighted by molar-refractivity contribution is -0.0201. The van der Waals surface area contributed by atoms with Crippen LogP contribution in [0.4, 0.5) is 15.9 Å². The maximum absolute atomic E-state index is 13.3. The van der Waals surface area contributed by atoms with E-state index in [9.17, 15) is 12.8 Å². The average molecular weight is 515 g/mol. The summed E-state index contributed by atoms with van der Waals surface area (Å²) in [5.74, 6) is -0.104. The topological polar surface area (TPSA) is 74.8 Å². The Bertz CT molecular complexity index is 1180. The van der Waals surface area contributed by atoms with Crippen LogP contribution in [0.15, 0.2) is 35.2 Å². The van der Waals surface area contributed by atoms with E-state index in [2.05, 4.69) is 19.5 Å². The second-order valence-electron chi connectivity index (χ2n) is 9.16. The third kappa shape index (κ3) is 4.41. The molecule has 178 valence electrons. The first-order valence-corrected chi connectivity index (χ1v) is 13.1. The highest BCUT2D eigenvalue weighted by molar-refractivity contribution is 7.92. The van der Waals surface area contributed by atoms with Gasteiger partial charge in [-0.1, -0.05) is 29.3 Å². The van der Waals surface area contributed by atoms with E-state index in [0.29, 0.717) is 18.3 Å². The molecule has 0 unspecified atom stereocenters. The second kappa shape index (κ2) is 8.53. The highest BCUT2D eigenvalue weighted by Crippen LogP contribution is 2.43. The number of ether oxygens (including phenoxy) is 1. The van der Waals surface area contributed by atoms with Gasteiger partial charge in [-0.25, -0.2) is 13.4 Å². The summed E-state index contributed by atoms with van der Waals surface area (Å²) in [7, 11) is -2.36. The van der Waals surface area contributed by atoms with Gasteiger partial charge in [0, 0.05) is 39.3 Å². The van der Waals surface area contributed by atoms with Crippen molar-refractivity contribution in [1.82, 2.24) is 9.88 Å². The first-order chi connectivity index (χ1) is 15.7. The average Bonchev–Trinajstić information content (AvgIpc) is 3.43. The highest BCUT2D eigenvalue weighted by atomic mass is 35.5. The largest absolute Gasteiger partial charge is 0.375 e. The van der Waals surface area contributed by atoms with Crippen molar-refractivity contribution < 1.29 is 17.5 Å². The van der Waals surface area contributed by atoms with Crippen LogP contribution < -0.4 is 9.62 Å². The van der Waals surface area contributed by atoms with Gasteiger partial charge in [-0.05, 0) is 49.4 Å². The highest BCUT2D eigenvalue weighted by Gasteiger charge is 2.48. The summed E-state index contributed by atoms with van der Waals surface area (Å²) < 4.78 is 47.3. The number of hydrogen-bond acceptors (Lipinski definition) is 6. The molecule has 0 radical (unpaired) electrons. The molecule has 0 spiro atoms. The Balaban J connectivity index is 1.35. The van der Waals surface area contributed by atoms with Gasteiger partial charge >= 0.3 is 0 Å². The van der Waals surface area contributed by atoms with Gasteiger partial charge in [0.1, 0.15) is 10.7 Å². The molecule has 4 aliphatic rings. The van der Waals surface area contributed by atoms with E-state index in [1.807, 2.05) is 0 Å². The summed E-state index contributed by atoms with van der Waals surface area (Å²) in [4.78, 5) is 7.97. The molecule has 33 heavy (non-hydrogen) atoms. The van der Waals surface area contributed by atoms with E-state index in [4.69, 9.17) is 27.9 Å². The van der Waals surface area contributed by atoms with E-state index >= 15 is 0 Å². The van der Waals surface area contributed by atoms with Gasteiger partial charge in [-0.15, -0.1) is 0 Å². The molecule has 2 aromatic rings. The van der Waals surface area contributed by atoms with Gasteiger partial charge in [0.2, 0.25) is 5.95 Å².